The summed E-state index contributed by atoms with van der Waals surface area (Å²) in [7, 11) is 5.03. The Kier molecular flexibility index (Phi) is 4.40. The van der Waals surface area contributed by atoms with Gasteiger partial charge in [-0.2, -0.15) is 0 Å². The number of hydrogen-bond acceptors (Lipinski definition) is 4. The van der Waals surface area contributed by atoms with Crippen LogP contribution in [0.3, 0.4) is 0 Å². The van der Waals surface area contributed by atoms with Gasteiger partial charge >= 0.3 is 0 Å². The van der Waals surface area contributed by atoms with Crippen LogP contribution in [0, 0.1) is 0 Å². The smallest absolute Gasteiger partial charge is 0.161 e. The van der Waals surface area contributed by atoms with Crippen molar-refractivity contribution in [1.29, 1.82) is 0 Å². The fourth-order valence-corrected chi connectivity index (χ4v) is 4.09. The number of hydrogen-bond donors (Lipinski definition) is 0. The molecule has 0 aliphatic heterocycles. The number of ether oxygens (including phenoxy) is 3. The van der Waals surface area contributed by atoms with Crippen LogP contribution in [0.25, 0.3) is 43.4 Å². The van der Waals surface area contributed by atoms with Crippen LogP contribution >= 0.6 is 0 Å². The van der Waals surface area contributed by atoms with Crippen LogP contribution in [0.5, 0.6) is 17.2 Å². The van der Waals surface area contributed by atoms with Crippen molar-refractivity contribution >= 4 is 32.3 Å². The second-order valence-corrected chi connectivity index (χ2v) is 7.20. The molecule has 0 fully saturated rings. The molecule has 4 aromatic carbocycles. The molecule has 4 heteroatoms. The van der Waals surface area contributed by atoms with E-state index >= 15 is 0 Å². The number of benzene rings is 4. The predicted octanol–water partition coefficient (Wildman–Crippen LogP) is 6.23. The lowest BCUT2D eigenvalue weighted by molar-refractivity contribution is 0.356. The average molecular weight is 395 g/mol. The van der Waals surface area contributed by atoms with E-state index in [9.17, 15) is 0 Å². The van der Waals surface area contributed by atoms with E-state index in [1.54, 1.807) is 33.7 Å². The van der Waals surface area contributed by atoms with Crippen LogP contribution in [-0.2, 0) is 0 Å². The minimum Gasteiger partial charge on any atom is -0.496 e. The molecule has 1 aromatic heterocycles. The summed E-state index contributed by atoms with van der Waals surface area (Å²) >= 11 is 0. The first-order valence-corrected chi connectivity index (χ1v) is 9.72. The molecule has 0 aliphatic carbocycles. The quantitative estimate of drug-likeness (QED) is 0.267. The van der Waals surface area contributed by atoms with Crippen molar-refractivity contribution in [2.24, 2.45) is 0 Å². The summed E-state index contributed by atoms with van der Waals surface area (Å²) in [6.07, 6.45) is 3.60. The topological polar surface area (TPSA) is 40.6 Å². The normalized spacial score (nSPS) is 11.2. The van der Waals surface area contributed by atoms with Crippen molar-refractivity contribution in [2.45, 2.75) is 0 Å². The van der Waals surface area contributed by atoms with E-state index in [0.717, 1.165) is 44.5 Å². The second kappa shape index (κ2) is 7.23. The van der Waals surface area contributed by atoms with Crippen molar-refractivity contribution in [3.05, 3.63) is 73.1 Å². The largest absolute Gasteiger partial charge is 0.496 e. The Labute approximate surface area is 174 Å². The van der Waals surface area contributed by atoms with Gasteiger partial charge in [-0.1, -0.05) is 12.1 Å². The third-order valence-corrected chi connectivity index (χ3v) is 5.61. The van der Waals surface area contributed by atoms with Crippen molar-refractivity contribution < 1.29 is 14.2 Å². The lowest BCUT2D eigenvalue weighted by Gasteiger charge is -2.14. The standard InChI is InChI=1S/C26H21NO3/c1-28-24-12-18-5-4-17-10-19-13-25(29-2)26(30-3)14-20(19)11-21(17)22(18)15-23(24)16-6-8-27-9-7-16/h4-15H,1-3H3. The fourth-order valence-electron chi connectivity index (χ4n) is 4.09. The molecular formula is C26H21NO3. The first kappa shape index (κ1) is 18.3. The Morgan fingerprint density at radius 2 is 1.07 bits per heavy atom. The molecule has 0 amide bonds. The number of methoxy groups -OCH3 is 3. The predicted molar refractivity (Wildman–Crippen MR) is 122 cm³/mol. The van der Waals surface area contributed by atoms with E-state index in [0.29, 0.717) is 0 Å². The van der Waals surface area contributed by atoms with Gasteiger partial charge in [-0.3, -0.25) is 4.98 Å². The molecule has 4 nitrogen and oxygen atoms in total. The maximum Gasteiger partial charge on any atom is 0.161 e. The first-order chi connectivity index (χ1) is 14.7. The summed E-state index contributed by atoms with van der Waals surface area (Å²) in [5, 5.41) is 6.89. The van der Waals surface area contributed by atoms with E-state index in [1.807, 2.05) is 24.3 Å². The van der Waals surface area contributed by atoms with E-state index in [1.165, 1.54) is 16.2 Å². The van der Waals surface area contributed by atoms with Gasteiger partial charge in [0.15, 0.2) is 11.5 Å². The van der Waals surface area contributed by atoms with Crippen molar-refractivity contribution in [3.8, 4) is 28.4 Å². The third kappa shape index (κ3) is 2.89. The van der Waals surface area contributed by atoms with Crippen LogP contribution in [-0.4, -0.2) is 26.3 Å². The Bertz CT molecular complexity index is 1390. The molecule has 1 heterocycles. The molecule has 0 radical (unpaired) electrons. The lowest BCUT2D eigenvalue weighted by atomic mass is 9.94. The summed E-state index contributed by atoms with van der Waals surface area (Å²) in [5.74, 6) is 2.30. The van der Waals surface area contributed by atoms with Crippen LogP contribution in [0.1, 0.15) is 0 Å². The molecular weight excluding hydrogens is 374 g/mol. The average Bonchev–Trinajstić information content (AvgIpc) is 2.81. The first-order valence-electron chi connectivity index (χ1n) is 9.72. The van der Waals surface area contributed by atoms with Crippen LogP contribution in [0.15, 0.2) is 73.1 Å². The highest BCUT2D eigenvalue weighted by Crippen LogP contribution is 2.39. The van der Waals surface area contributed by atoms with Crippen molar-refractivity contribution in [1.82, 2.24) is 4.98 Å². The lowest BCUT2D eigenvalue weighted by Crippen LogP contribution is -1.91. The van der Waals surface area contributed by atoms with Gasteiger partial charge in [0.2, 0.25) is 0 Å². The Balaban J connectivity index is 1.83. The highest BCUT2D eigenvalue weighted by Gasteiger charge is 2.12. The van der Waals surface area contributed by atoms with E-state index in [4.69, 9.17) is 14.2 Å². The molecule has 0 unspecified atom stereocenters. The van der Waals surface area contributed by atoms with Gasteiger partial charge in [-0.15, -0.1) is 0 Å². The maximum absolute atomic E-state index is 5.70. The molecule has 5 rings (SSSR count). The van der Waals surface area contributed by atoms with Crippen LogP contribution in [0.2, 0.25) is 0 Å². The van der Waals surface area contributed by atoms with Gasteiger partial charge in [0.1, 0.15) is 5.75 Å². The number of fused-ring (bicyclic) bond motifs is 4. The minimum atomic E-state index is 0.726. The zero-order chi connectivity index (χ0) is 20.7. The highest BCUT2D eigenvalue weighted by atomic mass is 16.5. The second-order valence-electron chi connectivity index (χ2n) is 7.20. The number of aromatic nitrogens is 1. The number of nitrogens with zero attached hydrogens (tertiary/aromatic N) is 1. The summed E-state index contributed by atoms with van der Waals surface area (Å²) in [4.78, 5) is 4.14. The van der Waals surface area contributed by atoms with Gasteiger partial charge in [0, 0.05) is 18.0 Å². The van der Waals surface area contributed by atoms with Gasteiger partial charge < -0.3 is 14.2 Å². The molecule has 0 N–H and O–H groups in total. The van der Waals surface area contributed by atoms with Crippen LogP contribution in [0.4, 0.5) is 0 Å². The Morgan fingerprint density at radius 3 is 1.70 bits per heavy atom. The van der Waals surface area contributed by atoms with Gasteiger partial charge in [0.25, 0.3) is 0 Å². The molecule has 0 spiro atoms. The Hall–Kier alpha value is -3.79. The van der Waals surface area contributed by atoms with Crippen molar-refractivity contribution in [2.75, 3.05) is 21.3 Å². The number of rotatable bonds is 4. The zero-order valence-corrected chi connectivity index (χ0v) is 17.1. The maximum atomic E-state index is 5.70. The van der Waals surface area contributed by atoms with Gasteiger partial charge in [-0.05, 0) is 86.4 Å². The van der Waals surface area contributed by atoms with Gasteiger partial charge in [0.05, 0.1) is 21.3 Å². The number of pyridine rings is 1. The third-order valence-electron chi connectivity index (χ3n) is 5.61. The molecule has 0 aliphatic rings. The van der Waals surface area contributed by atoms with E-state index < -0.39 is 0 Å². The molecule has 148 valence electrons. The molecule has 0 bridgehead atoms. The highest BCUT2D eigenvalue weighted by molar-refractivity contribution is 6.13. The Morgan fingerprint density at radius 1 is 0.533 bits per heavy atom. The minimum absolute atomic E-state index is 0.726. The summed E-state index contributed by atoms with van der Waals surface area (Å²) in [6.45, 7) is 0. The van der Waals surface area contributed by atoms with Gasteiger partial charge in [-0.25, -0.2) is 0 Å². The summed E-state index contributed by atoms with van der Waals surface area (Å²) in [5.41, 5.74) is 2.13. The molecule has 5 aromatic rings. The van der Waals surface area contributed by atoms with E-state index in [2.05, 4.69) is 41.4 Å². The van der Waals surface area contributed by atoms with Crippen molar-refractivity contribution in [3.63, 3.8) is 0 Å². The van der Waals surface area contributed by atoms with Crippen LogP contribution < -0.4 is 14.2 Å². The van der Waals surface area contributed by atoms with E-state index in [-0.39, 0.29) is 0 Å². The zero-order valence-electron chi connectivity index (χ0n) is 17.1. The molecule has 0 atom stereocenters. The monoisotopic (exact) mass is 395 g/mol. The molecule has 0 saturated carbocycles. The SMILES string of the molecule is COc1cc2cc3ccc4cc(OC)c(-c5ccncc5)cc4c3cc2cc1OC. The molecule has 30 heavy (non-hydrogen) atoms. The summed E-state index contributed by atoms with van der Waals surface area (Å²) < 4.78 is 16.7. The molecule has 0 saturated heterocycles. The summed E-state index contributed by atoms with van der Waals surface area (Å²) in [6, 6.07) is 21.1. The fraction of sp³-hybridized carbons (Fsp3) is 0.115.